The third kappa shape index (κ3) is 12.0. The maximum absolute atomic E-state index is 13.0. The van der Waals surface area contributed by atoms with E-state index in [9.17, 15) is 39.0 Å². The largest absolute Gasteiger partial charge is 0.481 e. The van der Waals surface area contributed by atoms with Crippen LogP contribution in [0.3, 0.4) is 0 Å². The molecule has 4 atom stereocenters. The summed E-state index contributed by atoms with van der Waals surface area (Å²) in [7, 11) is 0. The first-order valence-corrected chi connectivity index (χ1v) is 11.5. The number of hydrogen-bond acceptors (Lipinski definition) is 8. The number of carbonyl (C=O) groups is 6. The first kappa shape index (κ1) is 31.0. The predicted molar refractivity (Wildman–Crippen MR) is 129 cm³/mol. The van der Waals surface area contributed by atoms with Gasteiger partial charge >= 0.3 is 17.9 Å². The number of carboxylic acids is 3. The van der Waals surface area contributed by atoms with Gasteiger partial charge in [-0.1, -0.05) is 36.8 Å². The average Bonchev–Trinajstić information content (AvgIpc) is 2.82. The van der Waals surface area contributed by atoms with E-state index >= 15 is 0 Å². The lowest BCUT2D eigenvalue weighted by Gasteiger charge is -2.24. The first-order chi connectivity index (χ1) is 17.4. The Balaban J connectivity index is 3.09. The molecule has 0 spiro atoms. The quantitative estimate of drug-likeness (QED) is 0.105. The molecule has 0 aliphatic rings. The summed E-state index contributed by atoms with van der Waals surface area (Å²) >= 11 is 0. The predicted octanol–water partition coefficient (Wildman–Crippen LogP) is -1.83. The highest BCUT2D eigenvalue weighted by Gasteiger charge is 2.32. The lowest BCUT2D eigenvalue weighted by molar-refractivity contribution is -0.147. The molecule has 0 bridgehead atoms. The smallest absolute Gasteiger partial charge is 0.326 e. The number of amides is 3. The number of carboxylic acid groups (broad SMARTS) is 3. The zero-order valence-corrected chi connectivity index (χ0v) is 20.1. The van der Waals surface area contributed by atoms with Gasteiger partial charge in [0.2, 0.25) is 17.7 Å². The van der Waals surface area contributed by atoms with E-state index in [1.807, 2.05) is 0 Å². The maximum atomic E-state index is 13.0. The number of carbonyl (C=O) groups excluding carboxylic acids is 3. The second-order valence-corrected chi connectivity index (χ2v) is 8.30. The summed E-state index contributed by atoms with van der Waals surface area (Å²) in [6, 6.07) is 2.49. The lowest BCUT2D eigenvalue weighted by atomic mass is 10.0. The normalized spacial score (nSPS) is 13.9. The van der Waals surface area contributed by atoms with Crippen LogP contribution in [0.5, 0.6) is 0 Å². The van der Waals surface area contributed by atoms with Gasteiger partial charge in [-0.15, -0.1) is 0 Å². The molecule has 10 N–H and O–H groups in total. The summed E-state index contributed by atoms with van der Waals surface area (Å²) in [6.45, 7) is 0.401. The molecule has 0 heterocycles. The van der Waals surface area contributed by atoms with E-state index in [-0.39, 0.29) is 12.8 Å². The minimum absolute atomic E-state index is 0.135. The van der Waals surface area contributed by atoms with Gasteiger partial charge in [-0.2, -0.15) is 0 Å². The van der Waals surface area contributed by atoms with Crippen molar-refractivity contribution in [3.8, 4) is 0 Å². The Morgan fingerprint density at radius 3 is 1.78 bits per heavy atom. The highest BCUT2D eigenvalue weighted by molar-refractivity contribution is 5.96. The van der Waals surface area contributed by atoms with Crippen LogP contribution in [0.15, 0.2) is 30.3 Å². The molecule has 0 saturated carbocycles. The number of aliphatic carboxylic acids is 3. The van der Waals surface area contributed by atoms with E-state index in [0.717, 1.165) is 0 Å². The Kier molecular flexibility index (Phi) is 13.3. The molecular weight excluding hydrogens is 490 g/mol. The average molecular weight is 524 g/mol. The van der Waals surface area contributed by atoms with Gasteiger partial charge in [0.25, 0.3) is 0 Å². The minimum atomic E-state index is -1.78. The minimum Gasteiger partial charge on any atom is -0.481 e. The fraction of sp³-hybridized carbons (Fsp3) is 0.478. The summed E-state index contributed by atoms with van der Waals surface area (Å²) in [5.74, 6) is -7.28. The van der Waals surface area contributed by atoms with E-state index in [1.165, 1.54) is 0 Å². The van der Waals surface area contributed by atoms with Crippen molar-refractivity contribution < 1.29 is 44.1 Å². The zero-order valence-electron chi connectivity index (χ0n) is 20.1. The molecule has 0 radical (unpaired) electrons. The molecule has 0 fully saturated rings. The highest BCUT2D eigenvalue weighted by atomic mass is 16.4. The van der Waals surface area contributed by atoms with Crippen LogP contribution >= 0.6 is 0 Å². The second-order valence-electron chi connectivity index (χ2n) is 8.30. The van der Waals surface area contributed by atoms with Crippen LogP contribution in [0.2, 0.25) is 0 Å². The van der Waals surface area contributed by atoms with Crippen molar-refractivity contribution in [3.63, 3.8) is 0 Å². The number of rotatable bonds is 17. The molecule has 1 aromatic carbocycles. The summed E-state index contributed by atoms with van der Waals surface area (Å²) in [5, 5.41) is 34.1. The van der Waals surface area contributed by atoms with Crippen molar-refractivity contribution in [1.82, 2.24) is 16.0 Å². The molecule has 204 valence electrons. The Morgan fingerprint density at radius 2 is 1.24 bits per heavy atom. The second kappa shape index (κ2) is 15.9. The maximum Gasteiger partial charge on any atom is 0.326 e. The van der Waals surface area contributed by atoms with E-state index in [2.05, 4.69) is 16.0 Å². The summed E-state index contributed by atoms with van der Waals surface area (Å²) in [5.41, 5.74) is 11.8. The SMILES string of the molecule is NCCCCC(N)C(=O)NC(CC(=O)O)C(=O)NC(Cc1ccccc1)C(=O)NC(CC(=O)O)C(=O)O. The number of nitrogens with one attached hydrogen (secondary N) is 3. The summed E-state index contributed by atoms with van der Waals surface area (Å²) in [6.07, 6.45) is -0.443. The van der Waals surface area contributed by atoms with Gasteiger partial charge in [0.1, 0.15) is 18.1 Å². The standard InChI is InChI=1S/C23H33N5O9/c24-9-5-4-8-14(25)20(33)26-16(11-18(29)30)22(35)27-15(10-13-6-2-1-3-7-13)21(34)28-17(23(36)37)12-19(31)32/h1-3,6-7,14-17H,4-5,8-12,24-25H2,(H,26,33)(H,27,35)(H,28,34)(H,29,30)(H,31,32)(H,36,37). The van der Waals surface area contributed by atoms with Crippen molar-refractivity contribution in [2.45, 2.75) is 62.7 Å². The van der Waals surface area contributed by atoms with Crippen molar-refractivity contribution in [3.05, 3.63) is 35.9 Å². The molecule has 14 nitrogen and oxygen atoms in total. The van der Waals surface area contributed by atoms with Crippen molar-refractivity contribution in [1.29, 1.82) is 0 Å². The van der Waals surface area contributed by atoms with Crippen LogP contribution in [-0.2, 0) is 35.2 Å². The fourth-order valence-corrected chi connectivity index (χ4v) is 3.28. The monoisotopic (exact) mass is 523 g/mol. The van der Waals surface area contributed by atoms with E-state index in [1.54, 1.807) is 30.3 Å². The van der Waals surface area contributed by atoms with Crippen LogP contribution in [0, 0.1) is 0 Å². The lowest BCUT2D eigenvalue weighted by Crippen LogP contribution is -2.58. The van der Waals surface area contributed by atoms with Gasteiger partial charge in [-0.3, -0.25) is 24.0 Å². The van der Waals surface area contributed by atoms with Gasteiger partial charge in [0, 0.05) is 6.42 Å². The van der Waals surface area contributed by atoms with Gasteiger partial charge in [0.05, 0.1) is 18.9 Å². The number of benzene rings is 1. The third-order valence-corrected chi connectivity index (χ3v) is 5.23. The summed E-state index contributed by atoms with van der Waals surface area (Å²) < 4.78 is 0. The third-order valence-electron chi connectivity index (χ3n) is 5.23. The topological polar surface area (TPSA) is 251 Å². The first-order valence-electron chi connectivity index (χ1n) is 11.5. The van der Waals surface area contributed by atoms with Gasteiger partial charge < -0.3 is 42.7 Å². The van der Waals surface area contributed by atoms with E-state index in [4.69, 9.17) is 16.6 Å². The van der Waals surface area contributed by atoms with Crippen LogP contribution in [0.4, 0.5) is 0 Å². The molecule has 14 heteroatoms. The number of hydrogen-bond donors (Lipinski definition) is 8. The fourth-order valence-electron chi connectivity index (χ4n) is 3.28. The van der Waals surface area contributed by atoms with Crippen molar-refractivity contribution in [2.24, 2.45) is 11.5 Å². The van der Waals surface area contributed by atoms with Crippen LogP contribution in [0.1, 0.15) is 37.7 Å². The van der Waals surface area contributed by atoms with Crippen LogP contribution in [-0.4, -0.2) is 81.7 Å². The molecule has 0 aliphatic carbocycles. The van der Waals surface area contributed by atoms with Crippen molar-refractivity contribution >= 4 is 35.6 Å². The molecule has 0 saturated heterocycles. The Morgan fingerprint density at radius 1 is 0.730 bits per heavy atom. The summed E-state index contributed by atoms with van der Waals surface area (Å²) in [4.78, 5) is 72.0. The van der Waals surface area contributed by atoms with Gasteiger partial charge in [-0.25, -0.2) is 4.79 Å². The molecule has 37 heavy (non-hydrogen) atoms. The molecule has 1 aromatic rings. The zero-order chi connectivity index (χ0) is 28.0. The Labute approximate surface area is 212 Å². The molecule has 4 unspecified atom stereocenters. The van der Waals surface area contributed by atoms with Crippen LogP contribution < -0.4 is 27.4 Å². The molecule has 0 aromatic heterocycles. The Hall–Kier alpha value is -4.04. The van der Waals surface area contributed by atoms with Crippen molar-refractivity contribution in [2.75, 3.05) is 6.54 Å². The molecular formula is C23H33N5O9. The number of nitrogens with two attached hydrogens (primary N) is 2. The highest BCUT2D eigenvalue weighted by Crippen LogP contribution is 2.07. The van der Waals surface area contributed by atoms with Crippen LogP contribution in [0.25, 0.3) is 0 Å². The van der Waals surface area contributed by atoms with E-state index in [0.29, 0.717) is 24.9 Å². The van der Waals surface area contributed by atoms with Gasteiger partial charge in [-0.05, 0) is 24.9 Å². The van der Waals surface area contributed by atoms with E-state index < -0.39 is 72.6 Å². The molecule has 3 amide bonds. The molecule has 1 rings (SSSR count). The number of unbranched alkanes of at least 4 members (excludes halogenated alkanes) is 1. The van der Waals surface area contributed by atoms with Gasteiger partial charge in [0.15, 0.2) is 0 Å². The Bertz CT molecular complexity index is 957. The molecule has 0 aliphatic heterocycles.